The lowest BCUT2D eigenvalue weighted by molar-refractivity contribution is 0.112. The molecule has 0 bridgehead atoms. The molecule has 0 aliphatic carbocycles. The van der Waals surface area contributed by atoms with E-state index in [0.717, 1.165) is 34.7 Å². The molecule has 0 aliphatic heterocycles. The SMILES string of the molecule is CCc1cccc2c(C=O)cn(Cc3ccc(C#N)cc3)c12. The van der Waals surface area contributed by atoms with Crippen molar-refractivity contribution >= 4 is 17.2 Å². The standard InChI is InChI=1S/C19H16N2O/c1-2-16-4-3-5-18-17(13-22)12-21(19(16)18)11-15-8-6-14(10-20)7-9-15/h3-9,12-13H,2,11H2,1H3. The lowest BCUT2D eigenvalue weighted by Crippen LogP contribution is -2.00. The molecule has 0 fully saturated rings. The molecule has 0 aliphatic rings. The summed E-state index contributed by atoms with van der Waals surface area (Å²) in [6, 6.07) is 15.8. The van der Waals surface area contributed by atoms with Crippen molar-refractivity contribution < 1.29 is 4.79 Å². The summed E-state index contributed by atoms with van der Waals surface area (Å²) >= 11 is 0. The Morgan fingerprint density at radius 3 is 2.59 bits per heavy atom. The average molecular weight is 288 g/mol. The van der Waals surface area contributed by atoms with Gasteiger partial charge in [0.05, 0.1) is 17.1 Å². The molecule has 0 spiro atoms. The van der Waals surface area contributed by atoms with E-state index >= 15 is 0 Å². The van der Waals surface area contributed by atoms with E-state index in [9.17, 15) is 4.79 Å². The first-order valence-electron chi connectivity index (χ1n) is 7.31. The van der Waals surface area contributed by atoms with E-state index in [1.807, 2.05) is 42.6 Å². The van der Waals surface area contributed by atoms with Crippen LogP contribution < -0.4 is 0 Å². The van der Waals surface area contributed by atoms with Crippen LogP contribution in [0, 0.1) is 11.3 Å². The van der Waals surface area contributed by atoms with Crippen LogP contribution in [0.1, 0.15) is 34.0 Å². The smallest absolute Gasteiger partial charge is 0.152 e. The summed E-state index contributed by atoms with van der Waals surface area (Å²) in [5.74, 6) is 0. The molecular formula is C19H16N2O. The van der Waals surface area contributed by atoms with Gasteiger partial charge in [-0.1, -0.05) is 37.3 Å². The Kier molecular flexibility index (Phi) is 3.76. The number of aldehydes is 1. The number of nitrogens with zero attached hydrogens (tertiary/aromatic N) is 2. The summed E-state index contributed by atoms with van der Waals surface area (Å²) in [6.45, 7) is 2.81. The molecule has 3 nitrogen and oxygen atoms in total. The highest BCUT2D eigenvalue weighted by Gasteiger charge is 2.11. The van der Waals surface area contributed by atoms with Crippen molar-refractivity contribution in [1.82, 2.24) is 4.57 Å². The minimum Gasteiger partial charge on any atom is -0.342 e. The summed E-state index contributed by atoms with van der Waals surface area (Å²) in [7, 11) is 0. The molecule has 0 unspecified atom stereocenters. The van der Waals surface area contributed by atoms with Gasteiger partial charge in [0.2, 0.25) is 0 Å². The number of benzene rings is 2. The van der Waals surface area contributed by atoms with Gasteiger partial charge in [-0.3, -0.25) is 4.79 Å². The van der Waals surface area contributed by atoms with E-state index in [-0.39, 0.29) is 0 Å². The molecule has 108 valence electrons. The zero-order chi connectivity index (χ0) is 15.5. The van der Waals surface area contributed by atoms with Crippen LogP contribution in [0.5, 0.6) is 0 Å². The number of hydrogen-bond acceptors (Lipinski definition) is 2. The average Bonchev–Trinajstić information content (AvgIpc) is 2.93. The molecule has 0 radical (unpaired) electrons. The zero-order valence-electron chi connectivity index (χ0n) is 12.4. The first kappa shape index (κ1) is 14.1. The fraction of sp³-hybridized carbons (Fsp3) is 0.158. The molecule has 3 heteroatoms. The third-order valence-electron chi connectivity index (χ3n) is 3.96. The molecule has 0 amide bonds. The van der Waals surface area contributed by atoms with Gasteiger partial charge >= 0.3 is 0 Å². The summed E-state index contributed by atoms with van der Waals surface area (Å²) in [4.78, 5) is 11.3. The second-order valence-corrected chi connectivity index (χ2v) is 5.31. The molecule has 2 aromatic carbocycles. The number of nitriles is 1. The zero-order valence-corrected chi connectivity index (χ0v) is 12.4. The fourth-order valence-electron chi connectivity index (χ4n) is 2.85. The van der Waals surface area contributed by atoms with Crippen molar-refractivity contribution in [2.24, 2.45) is 0 Å². The van der Waals surface area contributed by atoms with Gasteiger partial charge in [0, 0.05) is 23.7 Å². The van der Waals surface area contributed by atoms with Crippen LogP contribution in [0.25, 0.3) is 10.9 Å². The highest BCUT2D eigenvalue weighted by Crippen LogP contribution is 2.25. The van der Waals surface area contributed by atoms with Crippen LogP contribution in [0.15, 0.2) is 48.7 Å². The molecule has 0 atom stereocenters. The molecule has 3 rings (SSSR count). The second kappa shape index (κ2) is 5.87. The quantitative estimate of drug-likeness (QED) is 0.683. The Morgan fingerprint density at radius 2 is 1.95 bits per heavy atom. The Labute approximate surface area is 129 Å². The number of carbonyl (C=O) groups excluding carboxylic acids is 1. The summed E-state index contributed by atoms with van der Waals surface area (Å²) < 4.78 is 2.12. The molecular weight excluding hydrogens is 272 g/mol. The normalized spacial score (nSPS) is 10.5. The topological polar surface area (TPSA) is 45.8 Å². The summed E-state index contributed by atoms with van der Waals surface area (Å²) in [6.07, 6.45) is 3.75. The van der Waals surface area contributed by atoms with E-state index in [0.29, 0.717) is 12.1 Å². The van der Waals surface area contributed by atoms with Gasteiger partial charge in [-0.25, -0.2) is 0 Å². The van der Waals surface area contributed by atoms with Gasteiger partial charge in [-0.2, -0.15) is 5.26 Å². The van der Waals surface area contributed by atoms with Crippen molar-refractivity contribution in [2.45, 2.75) is 19.9 Å². The first-order chi connectivity index (χ1) is 10.8. The van der Waals surface area contributed by atoms with E-state index in [4.69, 9.17) is 5.26 Å². The van der Waals surface area contributed by atoms with E-state index in [1.54, 1.807) is 0 Å². The van der Waals surface area contributed by atoms with Crippen LogP contribution in [0.3, 0.4) is 0 Å². The first-order valence-corrected chi connectivity index (χ1v) is 7.31. The predicted molar refractivity (Wildman–Crippen MR) is 87.0 cm³/mol. The Bertz CT molecular complexity index is 867. The summed E-state index contributed by atoms with van der Waals surface area (Å²) in [5.41, 5.74) is 4.85. The minimum absolute atomic E-state index is 0.656. The second-order valence-electron chi connectivity index (χ2n) is 5.31. The molecule has 1 heterocycles. The number of carbonyl (C=O) groups is 1. The van der Waals surface area contributed by atoms with Gasteiger partial charge in [0.25, 0.3) is 0 Å². The molecule has 0 saturated carbocycles. The Morgan fingerprint density at radius 1 is 1.18 bits per heavy atom. The minimum atomic E-state index is 0.656. The van der Waals surface area contributed by atoms with Crippen molar-refractivity contribution in [2.75, 3.05) is 0 Å². The van der Waals surface area contributed by atoms with Gasteiger partial charge in [0.1, 0.15) is 0 Å². The highest BCUT2D eigenvalue weighted by molar-refractivity contribution is 5.99. The number of fused-ring (bicyclic) bond motifs is 1. The van der Waals surface area contributed by atoms with E-state index in [1.165, 1.54) is 5.56 Å². The number of aromatic nitrogens is 1. The van der Waals surface area contributed by atoms with Crippen LogP contribution >= 0.6 is 0 Å². The maximum atomic E-state index is 11.3. The maximum Gasteiger partial charge on any atom is 0.152 e. The van der Waals surface area contributed by atoms with Crippen LogP contribution in [-0.4, -0.2) is 10.9 Å². The molecule has 22 heavy (non-hydrogen) atoms. The molecule has 3 aromatic rings. The third kappa shape index (κ3) is 2.40. The maximum absolute atomic E-state index is 11.3. The van der Waals surface area contributed by atoms with Crippen LogP contribution in [-0.2, 0) is 13.0 Å². The molecule has 0 N–H and O–H groups in total. The number of rotatable bonds is 4. The lowest BCUT2D eigenvalue weighted by Gasteiger charge is -2.09. The summed E-state index contributed by atoms with van der Waals surface area (Å²) in [5, 5.41) is 9.87. The highest BCUT2D eigenvalue weighted by atomic mass is 16.1. The third-order valence-corrected chi connectivity index (χ3v) is 3.96. The number of hydrogen-bond donors (Lipinski definition) is 0. The molecule has 1 aromatic heterocycles. The fourth-order valence-corrected chi connectivity index (χ4v) is 2.85. The van der Waals surface area contributed by atoms with Gasteiger partial charge in [0.15, 0.2) is 6.29 Å². The van der Waals surface area contributed by atoms with Crippen LogP contribution in [0.4, 0.5) is 0 Å². The van der Waals surface area contributed by atoms with Gasteiger partial charge < -0.3 is 4.57 Å². The monoisotopic (exact) mass is 288 g/mol. The van der Waals surface area contributed by atoms with Crippen molar-refractivity contribution in [1.29, 1.82) is 5.26 Å². The van der Waals surface area contributed by atoms with Crippen molar-refractivity contribution in [3.05, 3.63) is 70.9 Å². The molecule has 0 saturated heterocycles. The van der Waals surface area contributed by atoms with E-state index in [2.05, 4.69) is 23.6 Å². The Balaban J connectivity index is 2.09. The Hall–Kier alpha value is -2.86. The number of aryl methyl sites for hydroxylation is 1. The van der Waals surface area contributed by atoms with E-state index < -0.39 is 0 Å². The largest absolute Gasteiger partial charge is 0.342 e. The van der Waals surface area contributed by atoms with Crippen molar-refractivity contribution in [3.8, 4) is 6.07 Å². The van der Waals surface area contributed by atoms with Gasteiger partial charge in [-0.15, -0.1) is 0 Å². The van der Waals surface area contributed by atoms with Crippen molar-refractivity contribution in [3.63, 3.8) is 0 Å². The lowest BCUT2D eigenvalue weighted by atomic mass is 10.1. The predicted octanol–water partition coefficient (Wildman–Crippen LogP) is 3.94. The van der Waals surface area contributed by atoms with Gasteiger partial charge in [-0.05, 0) is 29.7 Å². The number of para-hydroxylation sites is 1. The van der Waals surface area contributed by atoms with Crippen LogP contribution in [0.2, 0.25) is 0 Å².